The van der Waals surface area contributed by atoms with Crippen LogP contribution in [0.4, 0.5) is 5.69 Å². The molecule has 0 fully saturated rings. The van der Waals surface area contributed by atoms with Crippen molar-refractivity contribution < 1.29 is 9.66 Å². The van der Waals surface area contributed by atoms with Gasteiger partial charge in [-0.05, 0) is 28.1 Å². The molecule has 0 amide bonds. The zero-order valence-corrected chi connectivity index (χ0v) is 8.92. The fourth-order valence-corrected chi connectivity index (χ4v) is 1.48. The third-order valence-corrected chi connectivity index (χ3v) is 2.78. The first-order valence-corrected chi connectivity index (χ1v) is 4.41. The van der Waals surface area contributed by atoms with Crippen molar-refractivity contribution in [3.63, 3.8) is 0 Å². The Bertz CT molecular complexity index is 356. The number of nitrogens with zero attached hydrogens (tertiary/aromatic N) is 1. The van der Waals surface area contributed by atoms with E-state index < -0.39 is 4.92 Å². The van der Waals surface area contributed by atoms with Crippen LogP contribution in [0.5, 0.6) is 5.75 Å². The minimum atomic E-state index is -0.547. The molecule has 1 rings (SSSR count). The van der Waals surface area contributed by atoms with Gasteiger partial charge in [0.05, 0.1) is 17.1 Å². The predicted octanol–water partition coefficient (Wildman–Crippen LogP) is 3.02. The Morgan fingerprint density at radius 3 is 2.69 bits per heavy atom. The SMILES string of the molecule is COc1ccc(Cl)c(Br)c1[N+](=O)[O-]. The average Bonchev–Trinajstić information content (AvgIpc) is 2.08. The maximum Gasteiger partial charge on any atom is 0.326 e. The molecule has 13 heavy (non-hydrogen) atoms. The van der Waals surface area contributed by atoms with Crippen molar-refractivity contribution in [2.45, 2.75) is 0 Å². The molecule has 0 bridgehead atoms. The van der Waals surface area contributed by atoms with E-state index in [2.05, 4.69) is 15.9 Å². The quantitative estimate of drug-likeness (QED) is 0.611. The molecule has 0 saturated heterocycles. The second kappa shape index (κ2) is 3.93. The van der Waals surface area contributed by atoms with Gasteiger partial charge in [-0.3, -0.25) is 10.1 Å². The van der Waals surface area contributed by atoms with Gasteiger partial charge in [0.25, 0.3) is 0 Å². The Morgan fingerprint density at radius 1 is 1.62 bits per heavy atom. The van der Waals surface area contributed by atoms with Crippen LogP contribution in [0.1, 0.15) is 0 Å². The highest BCUT2D eigenvalue weighted by Crippen LogP contribution is 2.39. The summed E-state index contributed by atoms with van der Waals surface area (Å²) in [6.07, 6.45) is 0. The Hall–Kier alpha value is -0.810. The summed E-state index contributed by atoms with van der Waals surface area (Å²) < 4.78 is 5.05. The summed E-state index contributed by atoms with van der Waals surface area (Å²) in [6, 6.07) is 2.97. The van der Waals surface area contributed by atoms with Crippen LogP contribution in [0, 0.1) is 10.1 Å². The van der Waals surface area contributed by atoms with Crippen LogP contribution in [-0.2, 0) is 0 Å². The first-order chi connectivity index (χ1) is 6.07. The van der Waals surface area contributed by atoms with Gasteiger partial charge in [-0.1, -0.05) is 11.6 Å². The van der Waals surface area contributed by atoms with E-state index in [1.165, 1.54) is 19.2 Å². The molecule has 0 radical (unpaired) electrons. The number of hydrogen-bond acceptors (Lipinski definition) is 3. The Balaban J connectivity index is 3.41. The Morgan fingerprint density at radius 2 is 2.23 bits per heavy atom. The summed E-state index contributed by atoms with van der Waals surface area (Å²) in [5, 5.41) is 10.9. The van der Waals surface area contributed by atoms with Crippen LogP contribution in [0.25, 0.3) is 0 Å². The molecular formula is C7H5BrClNO3. The molecule has 0 spiro atoms. The van der Waals surface area contributed by atoms with E-state index in [9.17, 15) is 10.1 Å². The maximum atomic E-state index is 10.6. The van der Waals surface area contributed by atoms with E-state index in [4.69, 9.17) is 16.3 Å². The second-order valence-corrected chi connectivity index (χ2v) is 3.37. The fourth-order valence-electron chi connectivity index (χ4n) is 0.857. The van der Waals surface area contributed by atoms with Gasteiger partial charge in [0.2, 0.25) is 0 Å². The van der Waals surface area contributed by atoms with Gasteiger partial charge in [-0.2, -0.15) is 0 Å². The number of ether oxygens (including phenoxy) is 1. The summed E-state index contributed by atoms with van der Waals surface area (Å²) in [4.78, 5) is 10.0. The van der Waals surface area contributed by atoms with Crippen molar-refractivity contribution in [3.8, 4) is 5.75 Å². The molecule has 0 aliphatic heterocycles. The van der Waals surface area contributed by atoms with Gasteiger partial charge in [-0.15, -0.1) is 0 Å². The molecule has 6 heteroatoms. The van der Waals surface area contributed by atoms with E-state index >= 15 is 0 Å². The first kappa shape index (κ1) is 10.3. The molecule has 0 aliphatic carbocycles. The van der Waals surface area contributed by atoms with Crippen molar-refractivity contribution in [3.05, 3.63) is 31.7 Å². The molecule has 1 aromatic rings. The molecule has 0 heterocycles. The molecular weight excluding hydrogens is 261 g/mol. The van der Waals surface area contributed by atoms with Gasteiger partial charge in [-0.25, -0.2) is 0 Å². The van der Waals surface area contributed by atoms with Crippen LogP contribution < -0.4 is 4.74 Å². The van der Waals surface area contributed by atoms with Crippen LogP contribution in [0.3, 0.4) is 0 Å². The lowest BCUT2D eigenvalue weighted by atomic mass is 10.3. The largest absolute Gasteiger partial charge is 0.490 e. The van der Waals surface area contributed by atoms with Gasteiger partial charge in [0.1, 0.15) is 4.47 Å². The molecule has 0 aliphatic rings. The van der Waals surface area contributed by atoms with Crippen molar-refractivity contribution >= 4 is 33.2 Å². The summed E-state index contributed by atoms with van der Waals surface area (Å²) >= 11 is 8.70. The maximum absolute atomic E-state index is 10.6. The minimum absolute atomic E-state index is 0.157. The van der Waals surface area contributed by atoms with Gasteiger partial charge >= 0.3 is 5.69 Å². The van der Waals surface area contributed by atoms with E-state index in [1.54, 1.807) is 0 Å². The van der Waals surface area contributed by atoms with E-state index in [1.807, 2.05) is 0 Å². The van der Waals surface area contributed by atoms with Crippen molar-refractivity contribution in [2.75, 3.05) is 7.11 Å². The lowest BCUT2D eigenvalue weighted by Gasteiger charge is -2.03. The van der Waals surface area contributed by atoms with Gasteiger partial charge in [0, 0.05) is 0 Å². The Kier molecular flexibility index (Phi) is 3.11. The lowest BCUT2D eigenvalue weighted by Crippen LogP contribution is -1.94. The molecule has 0 saturated carbocycles. The lowest BCUT2D eigenvalue weighted by molar-refractivity contribution is -0.386. The third-order valence-electron chi connectivity index (χ3n) is 1.43. The zero-order chi connectivity index (χ0) is 10.0. The monoisotopic (exact) mass is 265 g/mol. The van der Waals surface area contributed by atoms with Crippen molar-refractivity contribution in [1.82, 2.24) is 0 Å². The number of methoxy groups -OCH3 is 1. The van der Waals surface area contributed by atoms with E-state index in [-0.39, 0.29) is 20.9 Å². The molecule has 0 N–H and O–H groups in total. The van der Waals surface area contributed by atoms with Crippen molar-refractivity contribution in [1.29, 1.82) is 0 Å². The molecule has 1 aromatic carbocycles. The Labute approximate surface area is 87.7 Å². The fraction of sp³-hybridized carbons (Fsp3) is 0.143. The molecule has 70 valence electrons. The van der Waals surface area contributed by atoms with E-state index in [0.29, 0.717) is 0 Å². The number of benzene rings is 1. The first-order valence-electron chi connectivity index (χ1n) is 3.24. The number of halogens is 2. The topological polar surface area (TPSA) is 52.4 Å². The number of nitro groups is 1. The predicted molar refractivity (Wildman–Crippen MR) is 52.4 cm³/mol. The van der Waals surface area contributed by atoms with E-state index in [0.717, 1.165) is 0 Å². The van der Waals surface area contributed by atoms with Gasteiger partial charge in [0.15, 0.2) is 5.75 Å². The minimum Gasteiger partial charge on any atom is -0.490 e. The summed E-state index contributed by atoms with van der Waals surface area (Å²) in [7, 11) is 1.36. The average molecular weight is 266 g/mol. The smallest absolute Gasteiger partial charge is 0.326 e. The summed E-state index contributed by atoms with van der Waals surface area (Å²) in [6.45, 7) is 0. The second-order valence-electron chi connectivity index (χ2n) is 2.17. The number of nitro benzene ring substituents is 1. The highest BCUT2D eigenvalue weighted by molar-refractivity contribution is 9.10. The van der Waals surface area contributed by atoms with Gasteiger partial charge < -0.3 is 4.74 Å². The molecule has 4 nitrogen and oxygen atoms in total. The van der Waals surface area contributed by atoms with Crippen LogP contribution in [-0.4, -0.2) is 12.0 Å². The van der Waals surface area contributed by atoms with Crippen LogP contribution >= 0.6 is 27.5 Å². The standard InChI is InChI=1S/C7H5BrClNO3/c1-13-5-3-2-4(9)6(8)7(5)10(11)12/h2-3H,1H3. The normalized spacial score (nSPS) is 9.77. The van der Waals surface area contributed by atoms with Crippen molar-refractivity contribution in [2.24, 2.45) is 0 Å². The number of hydrogen-bond donors (Lipinski definition) is 0. The molecule has 0 aromatic heterocycles. The van der Waals surface area contributed by atoms with Crippen LogP contribution in [0.2, 0.25) is 5.02 Å². The highest BCUT2D eigenvalue weighted by Gasteiger charge is 2.21. The molecule has 0 atom stereocenters. The van der Waals surface area contributed by atoms with Crippen LogP contribution in [0.15, 0.2) is 16.6 Å². The summed E-state index contributed by atoms with van der Waals surface area (Å²) in [5.74, 6) is 0.182. The summed E-state index contributed by atoms with van der Waals surface area (Å²) in [5.41, 5.74) is -0.157. The number of rotatable bonds is 2. The highest BCUT2D eigenvalue weighted by atomic mass is 79.9. The zero-order valence-electron chi connectivity index (χ0n) is 6.58. The molecule has 0 unspecified atom stereocenters. The third kappa shape index (κ3) is 1.92.